The van der Waals surface area contributed by atoms with E-state index in [4.69, 9.17) is 4.74 Å². The number of nitrogens with one attached hydrogen (secondary N) is 3. The Kier molecular flexibility index (Phi) is 8.02. The minimum Gasteiger partial charge on any atom is -0.378 e. The van der Waals surface area contributed by atoms with Crippen molar-refractivity contribution in [3.63, 3.8) is 0 Å². The molecule has 1 aliphatic heterocycles. The van der Waals surface area contributed by atoms with E-state index in [2.05, 4.69) is 16.0 Å². The van der Waals surface area contributed by atoms with Gasteiger partial charge in [0.15, 0.2) is 0 Å². The van der Waals surface area contributed by atoms with Crippen LogP contribution in [0.3, 0.4) is 0 Å². The van der Waals surface area contributed by atoms with Gasteiger partial charge in [-0.3, -0.25) is 9.59 Å². The first-order chi connectivity index (χ1) is 10.5. The zero-order chi connectivity index (χ0) is 15.9. The first-order valence-electron chi connectivity index (χ1n) is 7.56. The number of benzene rings is 1. The Hall–Kier alpha value is -1.63. The summed E-state index contributed by atoms with van der Waals surface area (Å²) in [6.07, 6.45) is 0.381. The van der Waals surface area contributed by atoms with Crippen molar-refractivity contribution in [2.45, 2.75) is 26.3 Å². The van der Waals surface area contributed by atoms with E-state index in [1.54, 1.807) is 24.3 Å². The van der Waals surface area contributed by atoms with Gasteiger partial charge in [-0.25, -0.2) is 0 Å². The van der Waals surface area contributed by atoms with Gasteiger partial charge in [0.1, 0.15) is 0 Å². The van der Waals surface area contributed by atoms with Crippen LogP contribution in [0.2, 0.25) is 0 Å². The van der Waals surface area contributed by atoms with E-state index in [1.807, 2.05) is 13.8 Å². The summed E-state index contributed by atoms with van der Waals surface area (Å²) in [6, 6.07) is 7.17. The van der Waals surface area contributed by atoms with Crippen LogP contribution in [0.15, 0.2) is 24.3 Å². The van der Waals surface area contributed by atoms with E-state index < -0.39 is 0 Å². The van der Waals surface area contributed by atoms with Gasteiger partial charge in [0.05, 0.1) is 13.2 Å². The number of morpholine rings is 1. The van der Waals surface area contributed by atoms with E-state index in [0.29, 0.717) is 25.3 Å². The molecule has 128 valence electrons. The molecule has 1 aromatic rings. The Balaban J connectivity index is 0.00000264. The smallest absolute Gasteiger partial charge is 0.226 e. The van der Waals surface area contributed by atoms with Crippen molar-refractivity contribution in [3.8, 4) is 0 Å². The molecule has 2 amide bonds. The van der Waals surface area contributed by atoms with E-state index >= 15 is 0 Å². The number of hydrogen-bond acceptors (Lipinski definition) is 4. The van der Waals surface area contributed by atoms with Crippen molar-refractivity contribution >= 4 is 35.6 Å². The zero-order valence-corrected chi connectivity index (χ0v) is 14.2. The Morgan fingerprint density at radius 1 is 1.22 bits per heavy atom. The second kappa shape index (κ2) is 9.50. The number of carbonyl (C=O) groups is 2. The molecule has 1 aliphatic rings. The third-order valence-electron chi connectivity index (χ3n) is 3.39. The molecule has 0 aromatic heterocycles. The molecule has 1 unspecified atom stereocenters. The molecule has 0 saturated carbocycles. The molecule has 0 radical (unpaired) electrons. The van der Waals surface area contributed by atoms with Gasteiger partial charge in [-0.1, -0.05) is 13.8 Å². The van der Waals surface area contributed by atoms with Crippen LogP contribution in [0.25, 0.3) is 0 Å². The maximum atomic E-state index is 12.0. The van der Waals surface area contributed by atoms with Crippen molar-refractivity contribution in [2.75, 3.05) is 30.4 Å². The number of hydrogen-bond donors (Lipinski definition) is 3. The fourth-order valence-electron chi connectivity index (χ4n) is 2.11. The Bertz CT molecular complexity index is 514. The van der Waals surface area contributed by atoms with E-state index in [1.165, 1.54) is 0 Å². The molecular weight excluding hydrogens is 318 g/mol. The summed E-state index contributed by atoms with van der Waals surface area (Å²) in [7, 11) is 0. The van der Waals surface area contributed by atoms with E-state index in [-0.39, 0.29) is 36.2 Å². The number of anilines is 2. The standard InChI is InChI=1S/C16H23N3O3.ClH/c1-11(2)16(21)19-13-5-3-12(4-6-13)18-15(20)9-14-10-22-8-7-17-14;/h3-6,11,14,17H,7-10H2,1-2H3,(H,18,20)(H,19,21);1H. The molecule has 0 spiro atoms. The topological polar surface area (TPSA) is 79.5 Å². The summed E-state index contributed by atoms with van der Waals surface area (Å²) in [4.78, 5) is 23.6. The lowest BCUT2D eigenvalue weighted by Crippen LogP contribution is -2.43. The zero-order valence-electron chi connectivity index (χ0n) is 13.4. The summed E-state index contributed by atoms with van der Waals surface area (Å²) >= 11 is 0. The minimum atomic E-state index is -0.0652. The van der Waals surface area contributed by atoms with Crippen LogP contribution in [-0.2, 0) is 14.3 Å². The first kappa shape index (κ1) is 19.4. The van der Waals surface area contributed by atoms with Crippen LogP contribution >= 0.6 is 12.4 Å². The highest BCUT2D eigenvalue weighted by Gasteiger charge is 2.16. The molecule has 6 nitrogen and oxygen atoms in total. The second-order valence-electron chi connectivity index (χ2n) is 5.70. The number of carbonyl (C=O) groups excluding carboxylic acids is 2. The van der Waals surface area contributed by atoms with E-state index in [9.17, 15) is 9.59 Å². The normalized spacial score (nSPS) is 17.3. The van der Waals surface area contributed by atoms with Gasteiger partial charge in [-0.15, -0.1) is 12.4 Å². The summed E-state index contributed by atoms with van der Waals surface area (Å²) < 4.78 is 5.32. The number of halogens is 1. The van der Waals surface area contributed by atoms with Crippen LogP contribution in [0.5, 0.6) is 0 Å². The first-order valence-corrected chi connectivity index (χ1v) is 7.56. The minimum absolute atomic E-state index is 0. The van der Waals surface area contributed by atoms with Crippen LogP contribution in [0.1, 0.15) is 20.3 Å². The largest absolute Gasteiger partial charge is 0.378 e. The van der Waals surface area contributed by atoms with Gasteiger partial charge in [-0.2, -0.15) is 0 Å². The summed E-state index contributed by atoms with van der Waals surface area (Å²) in [6.45, 7) is 5.72. The summed E-state index contributed by atoms with van der Waals surface area (Å²) in [5.41, 5.74) is 1.43. The predicted molar refractivity (Wildman–Crippen MR) is 93.0 cm³/mol. The van der Waals surface area contributed by atoms with Crippen molar-refractivity contribution in [2.24, 2.45) is 5.92 Å². The SMILES string of the molecule is CC(C)C(=O)Nc1ccc(NC(=O)CC2COCCN2)cc1.Cl. The highest BCUT2D eigenvalue weighted by atomic mass is 35.5. The Morgan fingerprint density at radius 3 is 2.35 bits per heavy atom. The fraction of sp³-hybridized carbons (Fsp3) is 0.500. The van der Waals surface area contributed by atoms with Crippen molar-refractivity contribution in [1.82, 2.24) is 5.32 Å². The number of amides is 2. The lowest BCUT2D eigenvalue weighted by atomic mass is 10.2. The molecule has 1 fully saturated rings. The molecule has 7 heteroatoms. The van der Waals surface area contributed by atoms with Crippen LogP contribution in [0, 0.1) is 5.92 Å². The van der Waals surface area contributed by atoms with E-state index in [0.717, 1.165) is 12.2 Å². The molecule has 0 aliphatic carbocycles. The highest BCUT2D eigenvalue weighted by Crippen LogP contribution is 2.15. The third kappa shape index (κ3) is 6.56. The second-order valence-corrected chi connectivity index (χ2v) is 5.70. The average Bonchev–Trinajstić information content (AvgIpc) is 2.50. The van der Waals surface area contributed by atoms with Crippen LogP contribution in [0.4, 0.5) is 11.4 Å². The molecule has 2 rings (SSSR count). The van der Waals surface area contributed by atoms with Gasteiger partial charge >= 0.3 is 0 Å². The molecule has 1 aromatic carbocycles. The highest BCUT2D eigenvalue weighted by molar-refractivity contribution is 5.93. The Labute approximate surface area is 142 Å². The van der Waals surface area contributed by atoms with Gasteiger partial charge in [-0.05, 0) is 24.3 Å². The summed E-state index contributed by atoms with van der Waals surface area (Å²) in [5, 5.41) is 8.90. The Morgan fingerprint density at radius 2 is 1.83 bits per heavy atom. The van der Waals surface area contributed by atoms with Crippen molar-refractivity contribution in [3.05, 3.63) is 24.3 Å². The van der Waals surface area contributed by atoms with Gasteiger partial charge in [0, 0.05) is 36.3 Å². The molecule has 3 N–H and O–H groups in total. The molecule has 1 heterocycles. The average molecular weight is 342 g/mol. The molecular formula is C16H24ClN3O3. The molecule has 1 saturated heterocycles. The number of rotatable bonds is 5. The van der Waals surface area contributed by atoms with Crippen LogP contribution < -0.4 is 16.0 Å². The molecule has 23 heavy (non-hydrogen) atoms. The van der Waals surface area contributed by atoms with Gasteiger partial charge in [0.25, 0.3) is 0 Å². The predicted octanol–water partition coefficient (Wildman–Crippen LogP) is 2.02. The monoisotopic (exact) mass is 341 g/mol. The van der Waals surface area contributed by atoms with Gasteiger partial charge < -0.3 is 20.7 Å². The molecule has 0 bridgehead atoms. The maximum absolute atomic E-state index is 12.0. The lowest BCUT2D eigenvalue weighted by molar-refractivity contribution is -0.119. The quantitative estimate of drug-likeness (QED) is 0.765. The molecule has 1 atom stereocenters. The maximum Gasteiger partial charge on any atom is 0.226 e. The van der Waals surface area contributed by atoms with Crippen molar-refractivity contribution < 1.29 is 14.3 Å². The lowest BCUT2D eigenvalue weighted by Gasteiger charge is -2.23. The van der Waals surface area contributed by atoms with Crippen molar-refractivity contribution in [1.29, 1.82) is 0 Å². The van der Waals surface area contributed by atoms with Crippen LogP contribution in [-0.4, -0.2) is 37.6 Å². The third-order valence-corrected chi connectivity index (χ3v) is 3.39. The summed E-state index contributed by atoms with van der Waals surface area (Å²) in [5.74, 6) is -0.147. The number of ether oxygens (including phenoxy) is 1. The van der Waals surface area contributed by atoms with Gasteiger partial charge in [0.2, 0.25) is 11.8 Å². The fourth-order valence-corrected chi connectivity index (χ4v) is 2.11.